The fourth-order valence-electron chi connectivity index (χ4n) is 5.29. The minimum Gasteiger partial charge on any atom is -0.504 e. The Kier molecular flexibility index (Phi) is 9.90. The zero-order chi connectivity index (χ0) is 35.2. The zero-order valence-corrected chi connectivity index (χ0v) is 25.5. The minimum absolute atomic E-state index is 0.0217. The largest absolute Gasteiger partial charge is 0.504 e. The summed E-state index contributed by atoms with van der Waals surface area (Å²) in [5.41, 5.74) is -1.85. The van der Waals surface area contributed by atoms with Crippen LogP contribution in [0.2, 0.25) is 0 Å². The summed E-state index contributed by atoms with van der Waals surface area (Å²) in [5.74, 6) is -5.01. The first-order chi connectivity index (χ1) is 22.6. The van der Waals surface area contributed by atoms with E-state index in [0.717, 1.165) is 13.0 Å². The van der Waals surface area contributed by atoms with Crippen molar-refractivity contribution in [2.24, 2.45) is 0 Å². The van der Waals surface area contributed by atoms with Gasteiger partial charge in [0.1, 0.15) is 54.4 Å². The van der Waals surface area contributed by atoms with Crippen molar-refractivity contribution < 1.29 is 83.6 Å². The van der Waals surface area contributed by atoms with Crippen LogP contribution in [0.5, 0.6) is 34.5 Å². The van der Waals surface area contributed by atoms with Crippen LogP contribution in [0.1, 0.15) is 13.8 Å². The van der Waals surface area contributed by atoms with E-state index >= 15 is 0 Å². The van der Waals surface area contributed by atoms with Crippen LogP contribution in [0, 0.1) is 0 Å². The Morgan fingerprint density at radius 3 is 2.21 bits per heavy atom. The van der Waals surface area contributed by atoms with Gasteiger partial charge in [0.2, 0.25) is 23.2 Å². The van der Waals surface area contributed by atoms with Gasteiger partial charge in [0.25, 0.3) is 0 Å². The molecular weight excluding hydrogens is 648 g/mol. The van der Waals surface area contributed by atoms with E-state index in [0.29, 0.717) is 0 Å². The normalized spacial score (nSPS) is 30.6. The summed E-state index contributed by atoms with van der Waals surface area (Å²) in [6.07, 6.45) is -16.9. The molecule has 3 heterocycles. The number of methoxy groups -OCH3 is 1. The molecule has 9 N–H and O–H groups in total. The predicted molar refractivity (Wildman–Crippen MR) is 156 cm³/mol. The van der Waals surface area contributed by atoms with Crippen LogP contribution in [0.25, 0.3) is 22.3 Å². The Labute approximate surface area is 270 Å². The number of hydrogen-bond acceptors (Lipinski definition) is 18. The van der Waals surface area contributed by atoms with E-state index in [1.807, 2.05) is 0 Å². The second kappa shape index (κ2) is 13.6. The number of carbonyl (C=O) groups excluding carboxylic acids is 1. The number of ether oxygens (including phenoxy) is 6. The van der Waals surface area contributed by atoms with Crippen LogP contribution in [0.4, 0.5) is 0 Å². The maximum absolute atomic E-state index is 13.6. The van der Waals surface area contributed by atoms with Crippen molar-refractivity contribution in [2.45, 2.75) is 75.3 Å². The highest BCUT2D eigenvalue weighted by molar-refractivity contribution is 5.93. The molecule has 2 fully saturated rings. The summed E-state index contributed by atoms with van der Waals surface area (Å²) < 4.78 is 38.4. The predicted octanol–water partition coefficient (Wildman–Crippen LogP) is -1.11. The van der Waals surface area contributed by atoms with Crippen molar-refractivity contribution in [2.75, 3.05) is 13.7 Å². The van der Waals surface area contributed by atoms with Crippen molar-refractivity contribution in [1.82, 2.24) is 0 Å². The summed E-state index contributed by atoms with van der Waals surface area (Å²) in [4.78, 5) is 25.0. The maximum Gasteiger partial charge on any atom is 0.302 e. The van der Waals surface area contributed by atoms with Gasteiger partial charge in [-0.25, -0.2) is 0 Å². The topological polar surface area (TPSA) is 285 Å². The van der Waals surface area contributed by atoms with Gasteiger partial charge in [-0.15, -0.1) is 0 Å². The van der Waals surface area contributed by atoms with Gasteiger partial charge in [0.05, 0.1) is 13.2 Å². The molecule has 3 aromatic rings. The van der Waals surface area contributed by atoms with Crippen molar-refractivity contribution in [1.29, 1.82) is 0 Å². The number of aromatic hydroxyl groups is 4. The Morgan fingerprint density at radius 2 is 1.54 bits per heavy atom. The third-order valence-corrected chi connectivity index (χ3v) is 7.94. The molecule has 2 aliphatic rings. The second-order valence-electron chi connectivity index (χ2n) is 11.2. The molecule has 2 aromatic carbocycles. The van der Waals surface area contributed by atoms with E-state index in [2.05, 4.69) is 0 Å². The molecule has 2 saturated heterocycles. The van der Waals surface area contributed by atoms with Crippen molar-refractivity contribution >= 4 is 16.9 Å². The highest BCUT2D eigenvalue weighted by Gasteiger charge is 2.51. The lowest BCUT2D eigenvalue weighted by molar-refractivity contribution is -0.354. The quantitative estimate of drug-likeness (QED) is 0.101. The fraction of sp³-hybridized carbons (Fsp3) is 0.467. The summed E-state index contributed by atoms with van der Waals surface area (Å²) in [6.45, 7) is 1.84. The average molecular weight is 683 g/mol. The molecule has 18 nitrogen and oxygen atoms in total. The molecule has 0 amide bonds. The Hall–Kier alpha value is -4.40. The molecule has 5 rings (SSSR count). The maximum atomic E-state index is 13.6. The summed E-state index contributed by atoms with van der Waals surface area (Å²) >= 11 is 0. The van der Waals surface area contributed by atoms with Crippen LogP contribution in [0.3, 0.4) is 0 Å². The van der Waals surface area contributed by atoms with Gasteiger partial charge in [-0.05, 0) is 25.1 Å². The Balaban J connectivity index is 1.59. The second-order valence-corrected chi connectivity index (χ2v) is 11.2. The molecule has 2 aliphatic heterocycles. The molecule has 0 spiro atoms. The standard InChI is InChI=1S/C30H34O18/c1-9-18(34)22(38)25(41)29(44-9)48-28-23(39)20(36)16(8-43-10(2)31)46-30(28)45-15-7-13(33)19(35)27-17(15)21(37)24(40)26(47-27)11-4-5-12(32)14(6-11)42-3/h4-7,9,16,18,20,22-23,25,28-30,32-36,38-41H,8H2,1-3H3/t9-,16+,18-,20+,22+,23-,25+,28+,29-,30+/m1/s1. The van der Waals surface area contributed by atoms with Gasteiger partial charge in [-0.1, -0.05) is 0 Å². The molecular formula is C30H34O18. The monoisotopic (exact) mass is 682 g/mol. The van der Waals surface area contributed by atoms with E-state index in [9.17, 15) is 55.5 Å². The molecule has 10 atom stereocenters. The lowest BCUT2D eigenvalue weighted by Crippen LogP contribution is -2.64. The average Bonchev–Trinajstić information content (AvgIpc) is 3.05. The number of aliphatic hydroxyl groups is 5. The molecule has 48 heavy (non-hydrogen) atoms. The van der Waals surface area contributed by atoms with Gasteiger partial charge >= 0.3 is 5.97 Å². The number of hydrogen-bond donors (Lipinski definition) is 9. The summed E-state index contributed by atoms with van der Waals surface area (Å²) in [5, 5.41) is 94.2. The van der Waals surface area contributed by atoms with Gasteiger partial charge in [-0.2, -0.15) is 0 Å². The number of rotatable bonds is 8. The third-order valence-electron chi connectivity index (χ3n) is 7.94. The molecule has 18 heteroatoms. The molecule has 0 aliphatic carbocycles. The third kappa shape index (κ3) is 6.39. The van der Waals surface area contributed by atoms with Crippen molar-refractivity contribution in [3.63, 3.8) is 0 Å². The van der Waals surface area contributed by atoms with E-state index < -0.39 is 119 Å². The SMILES string of the molecule is COc1cc(-c2oc3c(O)c(O)cc(O[C@H]4O[C@@H](COC(C)=O)[C@H](O)[C@@H](O)[C@@H]4O[C@H]4O[C@H](C)[C@@H](O)[C@H](O)[C@@H]4O)c3c(=O)c2O)ccc1O. The van der Waals surface area contributed by atoms with Gasteiger partial charge in [0, 0.05) is 18.6 Å². The van der Waals surface area contributed by atoms with Crippen molar-refractivity contribution in [3.8, 4) is 45.8 Å². The van der Waals surface area contributed by atoms with Gasteiger partial charge < -0.3 is 78.8 Å². The highest BCUT2D eigenvalue weighted by Crippen LogP contribution is 2.44. The molecule has 0 radical (unpaired) electrons. The molecule has 0 bridgehead atoms. The van der Waals surface area contributed by atoms with E-state index in [1.54, 1.807) is 0 Å². The first-order valence-corrected chi connectivity index (χ1v) is 14.4. The number of esters is 1. The lowest BCUT2D eigenvalue weighted by atomic mass is 9.97. The zero-order valence-electron chi connectivity index (χ0n) is 25.5. The Morgan fingerprint density at radius 1 is 0.833 bits per heavy atom. The molecule has 0 saturated carbocycles. The molecule has 1 aromatic heterocycles. The number of carbonyl (C=O) groups is 1. The first kappa shape index (κ1) is 34.9. The van der Waals surface area contributed by atoms with Crippen molar-refractivity contribution in [3.05, 3.63) is 34.5 Å². The first-order valence-electron chi connectivity index (χ1n) is 14.4. The number of phenolic OH excluding ortho intramolecular Hbond substituents is 3. The van der Waals surface area contributed by atoms with E-state index in [1.165, 1.54) is 32.2 Å². The van der Waals surface area contributed by atoms with Crippen LogP contribution in [-0.4, -0.2) is 127 Å². The highest BCUT2D eigenvalue weighted by atomic mass is 16.8. The van der Waals surface area contributed by atoms with E-state index in [4.69, 9.17) is 32.8 Å². The minimum atomic E-state index is -1.95. The van der Waals surface area contributed by atoms with Gasteiger partial charge in [-0.3, -0.25) is 9.59 Å². The number of fused-ring (bicyclic) bond motifs is 1. The van der Waals surface area contributed by atoms with Gasteiger partial charge in [0.15, 0.2) is 41.0 Å². The molecule has 262 valence electrons. The summed E-state index contributed by atoms with van der Waals surface area (Å²) in [7, 11) is 1.26. The van der Waals surface area contributed by atoms with Crippen LogP contribution in [-0.2, 0) is 23.7 Å². The smallest absolute Gasteiger partial charge is 0.302 e. The lowest BCUT2D eigenvalue weighted by Gasteiger charge is -2.45. The van der Waals surface area contributed by atoms with Crippen LogP contribution < -0.4 is 14.9 Å². The van der Waals surface area contributed by atoms with Crippen LogP contribution >= 0.6 is 0 Å². The van der Waals surface area contributed by atoms with Crippen LogP contribution in [0.15, 0.2) is 33.5 Å². The number of phenols is 3. The number of aliphatic hydroxyl groups excluding tert-OH is 5. The fourth-order valence-corrected chi connectivity index (χ4v) is 5.29. The van der Waals surface area contributed by atoms with E-state index in [-0.39, 0.29) is 17.1 Å². The Bertz CT molecular complexity index is 1720. The molecule has 0 unspecified atom stereocenters. The number of benzene rings is 2. The summed E-state index contributed by atoms with van der Waals surface area (Å²) in [6, 6.07) is 4.44.